The lowest BCUT2D eigenvalue weighted by Crippen LogP contribution is -2.22. The number of fused-ring (bicyclic) bond motifs is 3. The summed E-state index contributed by atoms with van der Waals surface area (Å²) in [7, 11) is 0. The second kappa shape index (κ2) is 5.28. The van der Waals surface area contributed by atoms with E-state index in [1.165, 1.54) is 16.9 Å². The van der Waals surface area contributed by atoms with Crippen molar-refractivity contribution in [1.29, 1.82) is 0 Å². The summed E-state index contributed by atoms with van der Waals surface area (Å²) < 4.78 is 2.42. The zero-order valence-electron chi connectivity index (χ0n) is 13.9. The fourth-order valence-electron chi connectivity index (χ4n) is 2.84. The number of hydrogen-bond acceptors (Lipinski definition) is 3. The Hall–Kier alpha value is -2.46. The van der Waals surface area contributed by atoms with E-state index in [2.05, 4.69) is 50.0 Å². The number of nitrogens with zero attached hydrogens (tertiary/aromatic N) is 2. The first kappa shape index (κ1) is 15.1. The Balaban J connectivity index is 1.86. The number of para-hydroxylation sites is 2. The minimum atomic E-state index is 0.00333. The maximum absolute atomic E-state index is 12.7. The molecule has 0 saturated carbocycles. The molecular formula is C20H18N2OS. The predicted octanol–water partition coefficient (Wildman–Crippen LogP) is 3.75. The summed E-state index contributed by atoms with van der Waals surface area (Å²) in [5, 5.41) is 0. The monoisotopic (exact) mass is 334 g/mol. The van der Waals surface area contributed by atoms with Crippen molar-refractivity contribution in [3.63, 3.8) is 0 Å². The molecule has 0 N–H and O–H groups in total. The largest absolute Gasteiger partial charge is 0.274 e. The van der Waals surface area contributed by atoms with Crippen LogP contribution < -0.4 is 10.1 Å². The van der Waals surface area contributed by atoms with Crippen molar-refractivity contribution < 1.29 is 0 Å². The van der Waals surface area contributed by atoms with E-state index < -0.39 is 0 Å². The molecule has 0 aliphatic rings. The zero-order chi connectivity index (χ0) is 16.9. The Morgan fingerprint density at radius 3 is 2.46 bits per heavy atom. The molecule has 3 nitrogen and oxygen atoms in total. The lowest BCUT2D eigenvalue weighted by Gasteiger charge is -2.18. The van der Waals surface area contributed by atoms with Crippen molar-refractivity contribution in [2.24, 2.45) is 0 Å². The van der Waals surface area contributed by atoms with Gasteiger partial charge in [-0.05, 0) is 34.8 Å². The van der Waals surface area contributed by atoms with Crippen molar-refractivity contribution in [2.45, 2.75) is 26.2 Å². The number of rotatable bonds is 1. The molecule has 2 heterocycles. The molecule has 4 rings (SSSR count). The number of thiazole rings is 1. The highest BCUT2D eigenvalue weighted by Gasteiger charge is 2.13. The molecule has 0 saturated heterocycles. The highest BCUT2D eigenvalue weighted by Crippen LogP contribution is 2.22. The minimum Gasteiger partial charge on any atom is -0.267 e. The summed E-state index contributed by atoms with van der Waals surface area (Å²) in [5.74, 6) is 0. The molecule has 0 radical (unpaired) electrons. The average Bonchev–Trinajstić information content (AvgIpc) is 3.04. The van der Waals surface area contributed by atoms with E-state index in [0.717, 1.165) is 21.6 Å². The van der Waals surface area contributed by atoms with Crippen LogP contribution in [0.5, 0.6) is 0 Å². The molecule has 4 heteroatoms. The molecule has 0 spiro atoms. The van der Waals surface area contributed by atoms with Crippen LogP contribution in [-0.4, -0.2) is 9.38 Å². The molecule has 0 atom stereocenters. The van der Waals surface area contributed by atoms with Gasteiger partial charge in [0.25, 0.3) is 5.56 Å². The fourth-order valence-corrected chi connectivity index (χ4v) is 3.83. The Morgan fingerprint density at radius 1 is 1.04 bits per heavy atom. The van der Waals surface area contributed by atoms with Crippen molar-refractivity contribution in [1.82, 2.24) is 9.38 Å². The fraction of sp³-hybridized carbons (Fsp3) is 0.200. The molecule has 2 aromatic carbocycles. The lowest BCUT2D eigenvalue weighted by atomic mass is 9.87. The summed E-state index contributed by atoms with van der Waals surface area (Å²) in [6.07, 6.45) is 1.95. The quantitative estimate of drug-likeness (QED) is 0.531. The van der Waals surface area contributed by atoms with Crippen LogP contribution in [0.4, 0.5) is 0 Å². The van der Waals surface area contributed by atoms with Crippen LogP contribution in [0.1, 0.15) is 31.9 Å². The third-order valence-electron chi connectivity index (χ3n) is 4.22. The van der Waals surface area contributed by atoms with Crippen LogP contribution in [0, 0.1) is 0 Å². The Morgan fingerprint density at radius 2 is 1.75 bits per heavy atom. The molecule has 0 fully saturated rings. The third-order valence-corrected chi connectivity index (χ3v) is 5.19. The molecule has 0 amide bonds. The number of hydrogen-bond donors (Lipinski definition) is 0. The molecule has 2 aromatic heterocycles. The Kier molecular flexibility index (Phi) is 3.32. The first-order valence-corrected chi connectivity index (χ1v) is 8.77. The van der Waals surface area contributed by atoms with Gasteiger partial charge in [0.2, 0.25) is 0 Å². The van der Waals surface area contributed by atoms with Crippen molar-refractivity contribution in [2.75, 3.05) is 0 Å². The average molecular weight is 334 g/mol. The molecule has 4 aromatic rings. The smallest absolute Gasteiger partial charge is 0.267 e. The molecule has 120 valence electrons. The molecule has 0 aliphatic carbocycles. The molecule has 0 unspecified atom stereocenters. The van der Waals surface area contributed by atoms with Gasteiger partial charge in [-0.3, -0.25) is 4.79 Å². The van der Waals surface area contributed by atoms with Crippen LogP contribution in [-0.2, 0) is 5.41 Å². The number of aromatic nitrogens is 2. The van der Waals surface area contributed by atoms with Gasteiger partial charge in [-0.25, -0.2) is 9.38 Å². The van der Waals surface area contributed by atoms with Gasteiger partial charge >= 0.3 is 0 Å². The van der Waals surface area contributed by atoms with E-state index in [9.17, 15) is 4.79 Å². The first-order chi connectivity index (χ1) is 11.4. The summed E-state index contributed by atoms with van der Waals surface area (Å²) >= 11 is 1.44. The van der Waals surface area contributed by atoms with Crippen molar-refractivity contribution in [3.05, 3.63) is 74.5 Å². The van der Waals surface area contributed by atoms with E-state index in [0.29, 0.717) is 4.53 Å². The van der Waals surface area contributed by atoms with E-state index in [4.69, 9.17) is 0 Å². The van der Waals surface area contributed by atoms with Gasteiger partial charge in [0.1, 0.15) is 0 Å². The third kappa shape index (κ3) is 2.43. The maximum Gasteiger partial charge on any atom is 0.274 e. The summed E-state index contributed by atoms with van der Waals surface area (Å²) in [5.41, 5.74) is 4.19. The Labute approximate surface area is 143 Å². The van der Waals surface area contributed by atoms with Gasteiger partial charge in [0.15, 0.2) is 4.96 Å². The summed E-state index contributed by atoms with van der Waals surface area (Å²) in [6.45, 7) is 6.59. The minimum absolute atomic E-state index is 0.00333. The van der Waals surface area contributed by atoms with Gasteiger partial charge in [-0.2, -0.15) is 0 Å². The topological polar surface area (TPSA) is 34.4 Å². The van der Waals surface area contributed by atoms with Gasteiger partial charge in [0, 0.05) is 0 Å². The molecule has 0 aliphatic heterocycles. The summed E-state index contributed by atoms with van der Waals surface area (Å²) in [4.78, 5) is 18.0. The van der Waals surface area contributed by atoms with E-state index in [1.807, 2.05) is 30.3 Å². The second-order valence-corrected chi connectivity index (χ2v) is 8.02. The van der Waals surface area contributed by atoms with Crippen molar-refractivity contribution in [3.8, 4) is 0 Å². The van der Waals surface area contributed by atoms with E-state index in [-0.39, 0.29) is 11.0 Å². The van der Waals surface area contributed by atoms with Crippen LogP contribution in [0.15, 0.2) is 53.3 Å². The van der Waals surface area contributed by atoms with Crippen molar-refractivity contribution >= 4 is 33.4 Å². The van der Waals surface area contributed by atoms with Crippen LogP contribution in [0.2, 0.25) is 0 Å². The number of imidazole rings is 1. The standard InChI is InChI=1S/C20H18N2OS/c1-20(2,3)14-10-8-13(9-11-14)12-17-18(23)22-16-7-5-4-6-15(16)21-19(22)24-17/h4-12H,1-3H3/b17-12-. The van der Waals surface area contributed by atoms with Crippen LogP contribution >= 0.6 is 11.3 Å². The zero-order valence-corrected chi connectivity index (χ0v) is 14.7. The first-order valence-electron chi connectivity index (χ1n) is 7.96. The van der Waals surface area contributed by atoms with Gasteiger partial charge in [-0.15, -0.1) is 0 Å². The highest BCUT2D eigenvalue weighted by atomic mass is 32.1. The number of benzene rings is 2. The lowest BCUT2D eigenvalue weighted by molar-refractivity contribution is 0.590. The van der Waals surface area contributed by atoms with Crippen LogP contribution in [0.25, 0.3) is 22.1 Å². The van der Waals surface area contributed by atoms with Gasteiger partial charge < -0.3 is 0 Å². The van der Waals surface area contributed by atoms with Gasteiger partial charge in [0.05, 0.1) is 15.6 Å². The molecule has 24 heavy (non-hydrogen) atoms. The van der Waals surface area contributed by atoms with E-state index >= 15 is 0 Å². The second-order valence-electron chi connectivity index (χ2n) is 7.01. The van der Waals surface area contributed by atoms with E-state index in [1.54, 1.807) is 4.40 Å². The summed E-state index contributed by atoms with van der Waals surface area (Å²) in [6, 6.07) is 16.1. The predicted molar refractivity (Wildman–Crippen MR) is 101 cm³/mol. The SMILES string of the molecule is CC(C)(C)c1ccc(/C=c2\sc3nc4ccccc4n3c2=O)cc1. The molecule has 0 bridgehead atoms. The highest BCUT2D eigenvalue weighted by molar-refractivity contribution is 7.15. The molecular weight excluding hydrogens is 316 g/mol. The van der Waals surface area contributed by atoms with Crippen LogP contribution in [0.3, 0.4) is 0 Å². The van der Waals surface area contributed by atoms with Gasteiger partial charge in [-0.1, -0.05) is 68.5 Å². The normalized spacial score (nSPS) is 13.2. The maximum atomic E-state index is 12.7. The Bertz CT molecular complexity index is 1140.